The summed E-state index contributed by atoms with van der Waals surface area (Å²) < 4.78 is 5.69. The lowest BCUT2D eigenvalue weighted by Gasteiger charge is -2.12. The van der Waals surface area contributed by atoms with E-state index in [1.54, 1.807) is 6.07 Å². The van der Waals surface area contributed by atoms with Crippen LogP contribution in [-0.2, 0) is 6.42 Å². The molecular weight excluding hydrogens is 296 g/mol. The van der Waals surface area contributed by atoms with Gasteiger partial charge in [-0.25, -0.2) is 0 Å². The fourth-order valence-electron chi connectivity index (χ4n) is 1.69. The maximum absolute atomic E-state index is 11.4. The molecule has 0 amide bonds. The number of aryl methyl sites for hydroxylation is 1. The van der Waals surface area contributed by atoms with E-state index >= 15 is 0 Å². The van der Waals surface area contributed by atoms with E-state index in [9.17, 15) is 4.79 Å². The zero-order chi connectivity index (χ0) is 13.4. The zero-order valence-corrected chi connectivity index (χ0v) is 12.2. The number of hydrogen-bond acceptors (Lipinski definition) is 3. The highest BCUT2D eigenvalue weighted by molar-refractivity contribution is 9.09. The van der Waals surface area contributed by atoms with Gasteiger partial charge in [-0.1, -0.05) is 29.3 Å². The maximum Gasteiger partial charge on any atom is 0.188 e. The fraction of sp³-hybridized carbons (Fsp3) is 0.500. The van der Waals surface area contributed by atoms with Crippen LogP contribution in [0.3, 0.4) is 0 Å². The minimum Gasteiger partial charge on any atom is -0.493 e. The summed E-state index contributed by atoms with van der Waals surface area (Å²) in [5, 5.41) is 9.78. The van der Waals surface area contributed by atoms with Crippen LogP contribution in [0, 0.1) is 0 Å². The number of Topliss-reactive ketones (excluding diaryl/α,β-unsaturated/α-hetero) is 1. The number of hydrogen-bond donors (Lipinski definition) is 1. The van der Waals surface area contributed by atoms with Gasteiger partial charge in [-0.3, -0.25) is 4.79 Å². The number of rotatable bonds is 8. The highest BCUT2D eigenvalue weighted by atomic mass is 79.9. The molecule has 0 aliphatic carbocycles. The number of halogens is 1. The van der Waals surface area contributed by atoms with Crippen molar-refractivity contribution in [1.82, 2.24) is 0 Å². The van der Waals surface area contributed by atoms with E-state index < -0.39 is 6.61 Å². The number of ketones is 1. The normalized spacial score (nSPS) is 10.4. The molecule has 4 heteroatoms. The fourth-order valence-corrected chi connectivity index (χ4v) is 1.92. The van der Waals surface area contributed by atoms with Gasteiger partial charge in [-0.05, 0) is 36.6 Å². The van der Waals surface area contributed by atoms with Crippen molar-refractivity contribution in [3.05, 3.63) is 29.3 Å². The van der Waals surface area contributed by atoms with Crippen molar-refractivity contribution in [2.75, 3.05) is 18.5 Å². The molecular formula is C14H19BrO3. The average Bonchev–Trinajstić information content (AvgIpc) is 2.40. The van der Waals surface area contributed by atoms with Crippen molar-refractivity contribution in [3.63, 3.8) is 0 Å². The third-order valence-corrected chi connectivity index (χ3v) is 3.14. The molecule has 0 unspecified atom stereocenters. The molecule has 1 aromatic carbocycles. The molecule has 100 valence electrons. The lowest BCUT2D eigenvalue weighted by molar-refractivity contribution is 0.0903. The molecule has 18 heavy (non-hydrogen) atoms. The predicted octanol–water partition coefficient (Wildman–Crippen LogP) is 2.98. The Hall–Kier alpha value is -0.870. The Bertz CT molecular complexity index is 391. The lowest BCUT2D eigenvalue weighted by Crippen LogP contribution is -2.07. The molecule has 0 atom stereocenters. The van der Waals surface area contributed by atoms with Crippen LogP contribution in [0.25, 0.3) is 0 Å². The van der Waals surface area contributed by atoms with Gasteiger partial charge in [-0.15, -0.1) is 0 Å². The van der Waals surface area contributed by atoms with Gasteiger partial charge in [0.2, 0.25) is 0 Å². The number of ether oxygens (including phenoxy) is 1. The molecule has 0 aliphatic rings. The summed E-state index contributed by atoms with van der Waals surface area (Å²) in [5.41, 5.74) is 1.58. The van der Waals surface area contributed by atoms with E-state index in [-0.39, 0.29) is 5.78 Å². The molecule has 0 aromatic heterocycles. The molecule has 0 aliphatic heterocycles. The standard InChI is InChI=1S/C14H19BrO3/c1-2-4-12-9-11(13(17)10-16)5-6-14(12)18-8-3-7-15/h5-6,9,16H,2-4,7-8,10H2,1H3. The van der Waals surface area contributed by atoms with Crippen LogP contribution in [-0.4, -0.2) is 29.4 Å². The first-order valence-electron chi connectivity index (χ1n) is 6.18. The van der Waals surface area contributed by atoms with E-state index in [2.05, 4.69) is 22.9 Å². The second-order valence-corrected chi connectivity index (χ2v) is 4.84. The van der Waals surface area contributed by atoms with Crippen LogP contribution in [0.15, 0.2) is 18.2 Å². The van der Waals surface area contributed by atoms with Crippen LogP contribution in [0.5, 0.6) is 5.75 Å². The Balaban J connectivity index is 2.85. The maximum atomic E-state index is 11.4. The summed E-state index contributed by atoms with van der Waals surface area (Å²) in [5.74, 6) is 0.589. The summed E-state index contributed by atoms with van der Waals surface area (Å²) in [6.07, 6.45) is 2.81. The average molecular weight is 315 g/mol. The van der Waals surface area contributed by atoms with E-state index in [4.69, 9.17) is 9.84 Å². The molecule has 1 aromatic rings. The highest BCUT2D eigenvalue weighted by Gasteiger charge is 2.09. The number of alkyl halides is 1. The molecule has 0 heterocycles. The zero-order valence-electron chi connectivity index (χ0n) is 10.6. The summed E-state index contributed by atoms with van der Waals surface area (Å²) in [6, 6.07) is 5.36. The second kappa shape index (κ2) is 8.27. The van der Waals surface area contributed by atoms with Gasteiger partial charge >= 0.3 is 0 Å². The highest BCUT2D eigenvalue weighted by Crippen LogP contribution is 2.22. The van der Waals surface area contributed by atoms with Gasteiger partial charge in [0, 0.05) is 10.9 Å². The van der Waals surface area contributed by atoms with Crippen molar-refractivity contribution >= 4 is 21.7 Å². The predicted molar refractivity (Wildman–Crippen MR) is 75.8 cm³/mol. The summed E-state index contributed by atoms with van der Waals surface area (Å²) in [6.45, 7) is 2.30. The van der Waals surface area contributed by atoms with Crippen molar-refractivity contribution in [1.29, 1.82) is 0 Å². The van der Waals surface area contributed by atoms with E-state index in [0.29, 0.717) is 12.2 Å². The van der Waals surface area contributed by atoms with Crippen molar-refractivity contribution in [3.8, 4) is 5.75 Å². The number of carbonyl (C=O) groups excluding carboxylic acids is 1. The molecule has 0 saturated heterocycles. The van der Waals surface area contributed by atoms with Gasteiger partial charge in [0.05, 0.1) is 6.61 Å². The quantitative estimate of drug-likeness (QED) is 0.456. The Morgan fingerprint density at radius 2 is 2.22 bits per heavy atom. The van der Waals surface area contributed by atoms with Crippen LogP contribution in [0.4, 0.5) is 0 Å². The SMILES string of the molecule is CCCc1cc(C(=O)CO)ccc1OCCCBr. The van der Waals surface area contributed by atoms with Gasteiger partial charge in [0.25, 0.3) is 0 Å². The summed E-state index contributed by atoms with van der Waals surface area (Å²) in [4.78, 5) is 11.4. The van der Waals surface area contributed by atoms with Crippen molar-refractivity contribution in [2.45, 2.75) is 26.2 Å². The Kier molecular flexibility index (Phi) is 6.98. The van der Waals surface area contributed by atoms with Crippen molar-refractivity contribution in [2.24, 2.45) is 0 Å². The van der Waals surface area contributed by atoms with E-state index in [0.717, 1.165) is 35.9 Å². The number of carbonyl (C=O) groups is 1. The van der Waals surface area contributed by atoms with Crippen LogP contribution in [0.2, 0.25) is 0 Å². The van der Waals surface area contributed by atoms with E-state index in [1.165, 1.54) is 0 Å². The minimum absolute atomic E-state index is 0.251. The Labute approximate surface area is 116 Å². The van der Waals surface area contributed by atoms with Gasteiger partial charge < -0.3 is 9.84 Å². The summed E-state index contributed by atoms with van der Waals surface area (Å²) >= 11 is 3.36. The van der Waals surface area contributed by atoms with Crippen molar-refractivity contribution < 1.29 is 14.6 Å². The largest absolute Gasteiger partial charge is 0.493 e. The van der Waals surface area contributed by atoms with E-state index in [1.807, 2.05) is 12.1 Å². The minimum atomic E-state index is -0.449. The molecule has 0 saturated carbocycles. The first-order chi connectivity index (χ1) is 8.72. The number of aliphatic hydroxyl groups is 1. The lowest BCUT2D eigenvalue weighted by atomic mass is 10.0. The number of benzene rings is 1. The van der Waals surface area contributed by atoms with Crippen LogP contribution < -0.4 is 4.74 Å². The third-order valence-electron chi connectivity index (χ3n) is 2.58. The molecule has 3 nitrogen and oxygen atoms in total. The monoisotopic (exact) mass is 314 g/mol. The first-order valence-corrected chi connectivity index (χ1v) is 7.30. The Morgan fingerprint density at radius 1 is 1.44 bits per heavy atom. The molecule has 0 spiro atoms. The summed E-state index contributed by atoms with van der Waals surface area (Å²) in [7, 11) is 0. The van der Waals surface area contributed by atoms with Gasteiger partial charge in [0.15, 0.2) is 5.78 Å². The smallest absolute Gasteiger partial charge is 0.188 e. The van der Waals surface area contributed by atoms with Crippen LogP contribution >= 0.6 is 15.9 Å². The third kappa shape index (κ3) is 4.42. The molecule has 0 fully saturated rings. The second-order valence-electron chi connectivity index (χ2n) is 4.04. The number of aliphatic hydroxyl groups excluding tert-OH is 1. The topological polar surface area (TPSA) is 46.5 Å². The van der Waals surface area contributed by atoms with Gasteiger partial charge in [-0.2, -0.15) is 0 Å². The van der Waals surface area contributed by atoms with Crippen LogP contribution in [0.1, 0.15) is 35.7 Å². The van der Waals surface area contributed by atoms with Gasteiger partial charge in [0.1, 0.15) is 12.4 Å². The molecule has 1 N–H and O–H groups in total. The molecule has 1 rings (SSSR count). The first kappa shape index (κ1) is 15.2. The Morgan fingerprint density at radius 3 is 2.83 bits per heavy atom. The molecule has 0 radical (unpaired) electrons. The molecule has 0 bridgehead atoms.